The first-order valence-corrected chi connectivity index (χ1v) is 7.80. The summed E-state index contributed by atoms with van der Waals surface area (Å²) in [7, 11) is 1.77. The second kappa shape index (κ2) is 6.78. The van der Waals surface area contributed by atoms with E-state index < -0.39 is 11.6 Å². The normalized spacial score (nSPS) is 13.2. The zero-order valence-corrected chi connectivity index (χ0v) is 14.0. The molecule has 2 heterocycles. The third-order valence-electron chi connectivity index (χ3n) is 3.78. The minimum atomic E-state index is -1.21. The van der Waals surface area contributed by atoms with Gasteiger partial charge in [0.15, 0.2) is 0 Å². The summed E-state index contributed by atoms with van der Waals surface area (Å²) in [6, 6.07) is 9.17. The zero-order chi connectivity index (χ0) is 17.9. The summed E-state index contributed by atoms with van der Waals surface area (Å²) >= 11 is 0. The Morgan fingerprint density at radius 1 is 1.20 bits per heavy atom. The molecule has 0 spiro atoms. The van der Waals surface area contributed by atoms with Gasteiger partial charge in [0.2, 0.25) is 0 Å². The molecule has 3 N–H and O–H groups in total. The molecule has 3 rings (SSSR count). The first-order valence-electron chi connectivity index (χ1n) is 7.80. The first kappa shape index (κ1) is 16.7. The van der Waals surface area contributed by atoms with Gasteiger partial charge in [0, 0.05) is 18.8 Å². The minimum absolute atomic E-state index is 0.0529. The molecule has 25 heavy (non-hydrogen) atoms. The van der Waals surface area contributed by atoms with Gasteiger partial charge in [-0.1, -0.05) is 18.2 Å². The standard InChI is InChI=1S/C17H20N6O2/c1-17(25,13-8-19-22(2)10-13)12-18-16(24)21-14-9-20-23(11-14)15-6-4-3-5-7-15/h3-11,25H,12H2,1-2H3,(H2,18,21,24). The number of para-hydroxylation sites is 1. The van der Waals surface area contributed by atoms with E-state index in [9.17, 15) is 9.90 Å². The number of hydrogen-bond donors (Lipinski definition) is 3. The number of nitrogens with zero attached hydrogens (tertiary/aromatic N) is 4. The number of aromatic nitrogens is 4. The fourth-order valence-electron chi connectivity index (χ4n) is 2.34. The fourth-order valence-corrected chi connectivity index (χ4v) is 2.34. The lowest BCUT2D eigenvalue weighted by Crippen LogP contribution is -2.40. The molecule has 0 radical (unpaired) electrons. The minimum Gasteiger partial charge on any atom is -0.383 e. The van der Waals surface area contributed by atoms with Crippen LogP contribution < -0.4 is 10.6 Å². The fraction of sp³-hybridized carbons (Fsp3) is 0.235. The predicted octanol–water partition coefficient (Wildman–Crippen LogP) is 1.63. The van der Waals surface area contributed by atoms with Crippen molar-refractivity contribution in [1.82, 2.24) is 24.9 Å². The summed E-state index contributed by atoms with van der Waals surface area (Å²) < 4.78 is 3.27. The number of aliphatic hydroxyl groups is 1. The first-order chi connectivity index (χ1) is 11.9. The Bertz CT molecular complexity index is 853. The van der Waals surface area contributed by atoms with Crippen LogP contribution >= 0.6 is 0 Å². The van der Waals surface area contributed by atoms with Crippen LogP contribution in [0.3, 0.4) is 0 Å². The van der Waals surface area contributed by atoms with Gasteiger partial charge in [0.05, 0.1) is 36.5 Å². The van der Waals surface area contributed by atoms with Gasteiger partial charge in [-0.05, 0) is 19.1 Å². The highest BCUT2D eigenvalue weighted by atomic mass is 16.3. The molecule has 1 aromatic carbocycles. The van der Waals surface area contributed by atoms with Crippen LogP contribution in [-0.4, -0.2) is 37.2 Å². The molecule has 0 aliphatic rings. The van der Waals surface area contributed by atoms with E-state index in [4.69, 9.17) is 0 Å². The molecular weight excluding hydrogens is 320 g/mol. The van der Waals surface area contributed by atoms with Crippen molar-refractivity contribution in [3.05, 3.63) is 60.7 Å². The van der Waals surface area contributed by atoms with E-state index >= 15 is 0 Å². The molecule has 0 aliphatic carbocycles. The van der Waals surface area contributed by atoms with Gasteiger partial charge < -0.3 is 15.7 Å². The second-order valence-electron chi connectivity index (χ2n) is 5.99. The maximum Gasteiger partial charge on any atom is 0.319 e. The summed E-state index contributed by atoms with van der Waals surface area (Å²) in [5.41, 5.74) is 0.879. The molecule has 1 atom stereocenters. The van der Waals surface area contributed by atoms with Gasteiger partial charge >= 0.3 is 6.03 Å². The maximum atomic E-state index is 12.1. The molecular formula is C17H20N6O2. The van der Waals surface area contributed by atoms with Crippen LogP contribution in [0.5, 0.6) is 0 Å². The van der Waals surface area contributed by atoms with Crippen LogP contribution in [0.25, 0.3) is 5.69 Å². The van der Waals surface area contributed by atoms with Crippen LogP contribution in [0, 0.1) is 0 Å². The molecule has 0 bridgehead atoms. The van der Waals surface area contributed by atoms with E-state index in [1.54, 1.807) is 48.1 Å². The highest BCUT2D eigenvalue weighted by molar-refractivity contribution is 5.89. The lowest BCUT2D eigenvalue weighted by atomic mass is 10.00. The summed E-state index contributed by atoms with van der Waals surface area (Å²) in [4.78, 5) is 12.1. The summed E-state index contributed by atoms with van der Waals surface area (Å²) in [5, 5.41) is 24.0. The average Bonchev–Trinajstić information content (AvgIpc) is 3.23. The Kier molecular flexibility index (Phi) is 4.53. The van der Waals surface area contributed by atoms with Crippen molar-refractivity contribution >= 4 is 11.7 Å². The van der Waals surface area contributed by atoms with Gasteiger partial charge in [-0.2, -0.15) is 10.2 Å². The number of urea groups is 1. The number of nitrogens with one attached hydrogen (secondary N) is 2. The quantitative estimate of drug-likeness (QED) is 0.658. The van der Waals surface area contributed by atoms with Gasteiger partial charge in [0.25, 0.3) is 0 Å². The smallest absolute Gasteiger partial charge is 0.319 e. The molecule has 1 unspecified atom stereocenters. The Morgan fingerprint density at radius 2 is 1.96 bits per heavy atom. The van der Waals surface area contributed by atoms with E-state index in [1.807, 2.05) is 30.3 Å². The van der Waals surface area contributed by atoms with E-state index in [0.29, 0.717) is 11.3 Å². The number of amides is 2. The zero-order valence-electron chi connectivity index (χ0n) is 14.0. The predicted molar refractivity (Wildman–Crippen MR) is 93.4 cm³/mol. The monoisotopic (exact) mass is 340 g/mol. The number of hydrogen-bond acceptors (Lipinski definition) is 4. The molecule has 2 amide bonds. The Hall–Kier alpha value is -3.13. The van der Waals surface area contributed by atoms with Crippen molar-refractivity contribution in [1.29, 1.82) is 0 Å². The maximum absolute atomic E-state index is 12.1. The Morgan fingerprint density at radius 3 is 2.64 bits per heavy atom. The number of carbonyl (C=O) groups is 1. The highest BCUT2D eigenvalue weighted by Crippen LogP contribution is 2.18. The van der Waals surface area contributed by atoms with Crippen molar-refractivity contribution in [3.63, 3.8) is 0 Å². The van der Waals surface area contributed by atoms with Gasteiger partial charge in [0.1, 0.15) is 5.60 Å². The van der Waals surface area contributed by atoms with E-state index in [2.05, 4.69) is 20.8 Å². The number of carbonyl (C=O) groups excluding carboxylic acids is 1. The lowest BCUT2D eigenvalue weighted by molar-refractivity contribution is 0.0599. The topological polar surface area (TPSA) is 97.0 Å². The number of anilines is 1. The van der Waals surface area contributed by atoms with Crippen molar-refractivity contribution in [2.45, 2.75) is 12.5 Å². The molecule has 0 saturated carbocycles. The molecule has 0 aliphatic heterocycles. The van der Waals surface area contributed by atoms with Crippen LogP contribution in [0.2, 0.25) is 0 Å². The number of benzene rings is 1. The molecule has 0 fully saturated rings. The SMILES string of the molecule is Cn1cc(C(C)(O)CNC(=O)Nc2cnn(-c3ccccc3)c2)cn1. The van der Waals surface area contributed by atoms with Crippen molar-refractivity contribution in [3.8, 4) is 5.69 Å². The van der Waals surface area contributed by atoms with Crippen LogP contribution in [0.1, 0.15) is 12.5 Å². The molecule has 3 aromatic rings. The van der Waals surface area contributed by atoms with E-state index in [0.717, 1.165) is 5.69 Å². The second-order valence-corrected chi connectivity index (χ2v) is 5.99. The van der Waals surface area contributed by atoms with Crippen LogP contribution in [0.4, 0.5) is 10.5 Å². The molecule has 8 heteroatoms. The van der Waals surface area contributed by atoms with Gasteiger partial charge in [-0.15, -0.1) is 0 Å². The lowest BCUT2D eigenvalue weighted by Gasteiger charge is -2.22. The molecule has 2 aromatic heterocycles. The van der Waals surface area contributed by atoms with Crippen molar-refractivity contribution in [2.75, 3.05) is 11.9 Å². The third-order valence-corrected chi connectivity index (χ3v) is 3.78. The van der Waals surface area contributed by atoms with Crippen molar-refractivity contribution < 1.29 is 9.90 Å². The number of rotatable bonds is 5. The van der Waals surface area contributed by atoms with Gasteiger partial charge in [-0.3, -0.25) is 4.68 Å². The van der Waals surface area contributed by atoms with Gasteiger partial charge in [-0.25, -0.2) is 9.48 Å². The third kappa shape index (κ3) is 4.04. The van der Waals surface area contributed by atoms with Crippen LogP contribution in [-0.2, 0) is 12.6 Å². The van der Waals surface area contributed by atoms with Crippen LogP contribution in [0.15, 0.2) is 55.1 Å². The molecule has 0 saturated heterocycles. The Labute approximate surface area is 145 Å². The largest absolute Gasteiger partial charge is 0.383 e. The van der Waals surface area contributed by atoms with E-state index in [1.165, 1.54) is 0 Å². The van der Waals surface area contributed by atoms with Crippen molar-refractivity contribution in [2.24, 2.45) is 7.05 Å². The molecule has 8 nitrogen and oxygen atoms in total. The average molecular weight is 340 g/mol. The highest BCUT2D eigenvalue weighted by Gasteiger charge is 2.25. The Balaban J connectivity index is 1.57. The number of aryl methyl sites for hydroxylation is 1. The summed E-state index contributed by atoms with van der Waals surface area (Å²) in [5.74, 6) is 0. The van der Waals surface area contributed by atoms with E-state index in [-0.39, 0.29) is 6.54 Å². The summed E-state index contributed by atoms with van der Waals surface area (Å²) in [6.07, 6.45) is 6.56. The molecule has 130 valence electrons. The summed E-state index contributed by atoms with van der Waals surface area (Å²) in [6.45, 7) is 1.68.